The smallest absolute Gasteiger partial charge is 0.190 e. The van der Waals surface area contributed by atoms with Gasteiger partial charge >= 0.3 is 0 Å². The van der Waals surface area contributed by atoms with Gasteiger partial charge in [-0.15, -0.1) is 11.3 Å². The zero-order valence-electron chi connectivity index (χ0n) is 16.5. The van der Waals surface area contributed by atoms with Crippen LogP contribution in [-0.4, -0.2) is 14.1 Å². The Morgan fingerprint density at radius 3 is 2.79 bits per heavy atom. The van der Waals surface area contributed by atoms with Crippen molar-refractivity contribution in [3.8, 4) is 11.3 Å². The molecule has 2 aromatic heterocycles. The fourth-order valence-corrected chi connectivity index (χ4v) is 4.43. The highest BCUT2D eigenvalue weighted by molar-refractivity contribution is 7.07. The highest BCUT2D eigenvalue weighted by Gasteiger charge is 2.09. The van der Waals surface area contributed by atoms with Crippen LogP contribution < -0.4 is 4.80 Å². The normalized spacial score (nSPS) is 11.9. The van der Waals surface area contributed by atoms with E-state index in [1.807, 2.05) is 36.9 Å². The zero-order chi connectivity index (χ0) is 20.2. The number of aromatic nitrogens is 3. The summed E-state index contributed by atoms with van der Waals surface area (Å²) in [5, 5.41) is 2.92. The van der Waals surface area contributed by atoms with Crippen molar-refractivity contribution in [3.63, 3.8) is 0 Å². The lowest BCUT2D eigenvalue weighted by molar-refractivity contribution is 0.559. The maximum atomic E-state index is 6.25. The van der Waals surface area contributed by atoms with E-state index >= 15 is 0 Å². The Morgan fingerprint density at radius 2 is 2.00 bits per heavy atom. The summed E-state index contributed by atoms with van der Waals surface area (Å²) in [4.78, 5) is 10.1. The number of imidazole rings is 1. The predicted molar refractivity (Wildman–Crippen MR) is 121 cm³/mol. The third-order valence-electron chi connectivity index (χ3n) is 4.86. The summed E-state index contributed by atoms with van der Waals surface area (Å²) in [6, 6.07) is 14.4. The fourth-order valence-electron chi connectivity index (χ4n) is 3.29. The van der Waals surface area contributed by atoms with Crippen molar-refractivity contribution in [2.45, 2.75) is 33.4 Å². The lowest BCUT2D eigenvalue weighted by Crippen LogP contribution is -2.17. The molecule has 0 aliphatic heterocycles. The molecule has 29 heavy (non-hydrogen) atoms. The van der Waals surface area contributed by atoms with E-state index in [9.17, 15) is 0 Å². The number of halogens is 1. The Bertz CT molecular complexity index is 1170. The van der Waals surface area contributed by atoms with Crippen molar-refractivity contribution < 1.29 is 0 Å². The van der Waals surface area contributed by atoms with Crippen molar-refractivity contribution in [3.05, 3.63) is 87.5 Å². The molecule has 148 valence electrons. The average Bonchev–Trinajstić information content (AvgIpc) is 3.35. The molecule has 0 aliphatic rings. The van der Waals surface area contributed by atoms with Gasteiger partial charge in [0.25, 0.3) is 0 Å². The second-order valence-electron chi connectivity index (χ2n) is 7.12. The number of hydrogen-bond acceptors (Lipinski definition) is 3. The molecule has 2 aromatic carbocycles. The molecule has 0 saturated carbocycles. The van der Waals surface area contributed by atoms with Gasteiger partial charge in [-0.1, -0.05) is 35.9 Å². The highest BCUT2D eigenvalue weighted by atomic mass is 35.5. The minimum atomic E-state index is 0.742. The van der Waals surface area contributed by atoms with E-state index in [2.05, 4.69) is 57.6 Å². The number of nitrogens with zero attached hydrogens (tertiary/aromatic N) is 4. The number of benzene rings is 2. The molecule has 0 bridgehead atoms. The lowest BCUT2D eigenvalue weighted by Gasteiger charge is -2.10. The summed E-state index contributed by atoms with van der Waals surface area (Å²) in [5.41, 5.74) is 5.67. The van der Waals surface area contributed by atoms with Gasteiger partial charge in [-0.2, -0.15) is 0 Å². The maximum absolute atomic E-state index is 6.25. The summed E-state index contributed by atoms with van der Waals surface area (Å²) < 4.78 is 4.41. The van der Waals surface area contributed by atoms with Gasteiger partial charge in [-0.3, -0.25) is 0 Å². The molecular formula is C23H23ClN4S. The molecule has 0 spiro atoms. The molecule has 4 nitrogen and oxygen atoms in total. The first-order valence-electron chi connectivity index (χ1n) is 9.62. The topological polar surface area (TPSA) is 35.1 Å². The first-order valence-corrected chi connectivity index (χ1v) is 10.9. The highest BCUT2D eigenvalue weighted by Crippen LogP contribution is 2.25. The molecule has 0 fully saturated rings. The van der Waals surface area contributed by atoms with E-state index in [0.717, 1.165) is 46.3 Å². The zero-order valence-corrected chi connectivity index (χ0v) is 18.1. The number of hydrogen-bond donors (Lipinski definition) is 0. The maximum Gasteiger partial charge on any atom is 0.190 e. The Morgan fingerprint density at radius 1 is 1.10 bits per heavy atom. The molecule has 4 rings (SSSR count). The second kappa shape index (κ2) is 8.80. The molecule has 6 heteroatoms. The molecule has 2 heterocycles. The SMILES string of the molecule is Cc1ccc(C)c(N=c2scc(-c3cccc(Cl)c3)n2CCCn2ccnc2)c1. The summed E-state index contributed by atoms with van der Waals surface area (Å²) in [7, 11) is 0. The van der Waals surface area contributed by atoms with Crippen LogP contribution in [0.2, 0.25) is 5.02 Å². The van der Waals surface area contributed by atoms with Gasteiger partial charge in [0, 0.05) is 41.4 Å². The van der Waals surface area contributed by atoms with Gasteiger partial charge in [0.1, 0.15) is 0 Å². The van der Waals surface area contributed by atoms with Crippen molar-refractivity contribution >= 4 is 28.6 Å². The quantitative estimate of drug-likeness (QED) is 0.375. The van der Waals surface area contributed by atoms with Crippen molar-refractivity contribution in [2.24, 2.45) is 4.99 Å². The molecular weight excluding hydrogens is 400 g/mol. The van der Waals surface area contributed by atoms with Crippen LogP contribution >= 0.6 is 22.9 Å². The van der Waals surface area contributed by atoms with Crippen molar-refractivity contribution in [1.82, 2.24) is 14.1 Å². The van der Waals surface area contributed by atoms with E-state index in [-0.39, 0.29) is 0 Å². The van der Waals surface area contributed by atoms with E-state index in [1.54, 1.807) is 11.3 Å². The van der Waals surface area contributed by atoms with Gasteiger partial charge in [-0.25, -0.2) is 9.98 Å². The number of aryl methyl sites for hydroxylation is 3. The molecule has 0 unspecified atom stereocenters. The van der Waals surface area contributed by atoms with Crippen LogP contribution in [0.1, 0.15) is 17.5 Å². The molecule has 0 aliphatic carbocycles. The van der Waals surface area contributed by atoms with Crippen LogP contribution in [0, 0.1) is 13.8 Å². The number of thiazole rings is 1. The standard InChI is InChI=1S/C23H23ClN4S/c1-17-7-8-18(2)21(13-17)26-23-28(11-4-10-27-12-9-25-16-27)22(15-29-23)19-5-3-6-20(24)14-19/h3,5-9,12-16H,4,10-11H2,1-2H3. The Kier molecular flexibility index (Phi) is 5.97. The van der Waals surface area contributed by atoms with Gasteiger partial charge in [0.05, 0.1) is 17.7 Å². The molecule has 0 saturated heterocycles. The van der Waals surface area contributed by atoms with E-state index in [1.165, 1.54) is 11.1 Å². The van der Waals surface area contributed by atoms with Gasteiger partial charge in [0.2, 0.25) is 0 Å². The van der Waals surface area contributed by atoms with Crippen LogP contribution in [0.3, 0.4) is 0 Å². The minimum absolute atomic E-state index is 0.742. The van der Waals surface area contributed by atoms with Crippen LogP contribution in [0.5, 0.6) is 0 Å². The average molecular weight is 423 g/mol. The predicted octanol–water partition coefficient (Wildman–Crippen LogP) is 6.01. The van der Waals surface area contributed by atoms with Gasteiger partial charge < -0.3 is 9.13 Å². The van der Waals surface area contributed by atoms with Gasteiger partial charge in [0.15, 0.2) is 4.80 Å². The van der Waals surface area contributed by atoms with Gasteiger partial charge in [-0.05, 0) is 49.6 Å². The van der Waals surface area contributed by atoms with E-state index in [4.69, 9.17) is 16.6 Å². The lowest BCUT2D eigenvalue weighted by atomic mass is 10.1. The molecule has 0 amide bonds. The summed E-state index contributed by atoms with van der Waals surface area (Å²) in [5.74, 6) is 0. The minimum Gasteiger partial charge on any atom is -0.337 e. The summed E-state index contributed by atoms with van der Waals surface area (Å²) >= 11 is 7.92. The molecule has 0 atom stereocenters. The van der Waals surface area contributed by atoms with Crippen LogP contribution in [0.25, 0.3) is 11.3 Å². The molecule has 0 radical (unpaired) electrons. The summed E-state index contributed by atoms with van der Waals surface area (Å²) in [6.45, 7) is 5.99. The van der Waals surface area contributed by atoms with Crippen molar-refractivity contribution in [2.75, 3.05) is 0 Å². The third kappa shape index (κ3) is 4.69. The fraction of sp³-hybridized carbons (Fsp3) is 0.217. The Balaban J connectivity index is 1.74. The van der Waals surface area contributed by atoms with Crippen molar-refractivity contribution in [1.29, 1.82) is 0 Å². The monoisotopic (exact) mass is 422 g/mol. The second-order valence-corrected chi connectivity index (χ2v) is 8.39. The van der Waals surface area contributed by atoms with Crippen LogP contribution in [-0.2, 0) is 13.1 Å². The Hall–Kier alpha value is -2.63. The number of rotatable bonds is 6. The first-order chi connectivity index (χ1) is 14.1. The largest absolute Gasteiger partial charge is 0.337 e. The Labute approximate surface area is 179 Å². The van der Waals surface area contributed by atoms with E-state index < -0.39 is 0 Å². The molecule has 4 aromatic rings. The third-order valence-corrected chi connectivity index (χ3v) is 5.95. The summed E-state index contributed by atoms with van der Waals surface area (Å²) in [6.07, 6.45) is 6.66. The first kappa shape index (κ1) is 19.7. The van der Waals surface area contributed by atoms with Crippen LogP contribution in [0.15, 0.2) is 71.6 Å². The van der Waals surface area contributed by atoms with Crippen LogP contribution in [0.4, 0.5) is 5.69 Å². The van der Waals surface area contributed by atoms with E-state index in [0.29, 0.717) is 0 Å². The molecule has 0 N–H and O–H groups in total.